The second kappa shape index (κ2) is 6.95. The Morgan fingerprint density at radius 1 is 1.33 bits per heavy atom. The van der Waals surface area contributed by atoms with E-state index >= 15 is 0 Å². The fourth-order valence-electron chi connectivity index (χ4n) is 3.24. The second-order valence-corrected chi connectivity index (χ2v) is 8.43. The van der Waals surface area contributed by atoms with Gasteiger partial charge >= 0.3 is 0 Å². The average molecular weight is 373 g/mol. The molecule has 1 aromatic rings. The fraction of sp³-hybridized carbons (Fsp3) is 0.600. The predicted molar refractivity (Wildman–Crippen MR) is 90.3 cm³/mol. The summed E-state index contributed by atoms with van der Waals surface area (Å²) in [7, 11) is -3.71. The number of aryl methyl sites for hydroxylation is 1. The van der Waals surface area contributed by atoms with E-state index in [0.29, 0.717) is 31.9 Å². The normalized spacial score (nSPS) is 23.5. The Balaban J connectivity index is 1.82. The third-order valence-electron chi connectivity index (χ3n) is 4.50. The number of rotatable bonds is 3. The number of piperidine rings is 1. The van der Waals surface area contributed by atoms with E-state index in [1.54, 1.807) is 17.9 Å². The highest BCUT2D eigenvalue weighted by atomic mass is 35.5. The van der Waals surface area contributed by atoms with E-state index in [2.05, 4.69) is 10.3 Å². The average Bonchev–Trinajstić information content (AvgIpc) is 2.55. The van der Waals surface area contributed by atoms with Crippen LogP contribution in [0.2, 0.25) is 5.15 Å². The van der Waals surface area contributed by atoms with Gasteiger partial charge < -0.3 is 10.2 Å². The zero-order chi connectivity index (χ0) is 17.3. The zero-order valence-electron chi connectivity index (χ0n) is 13.5. The Morgan fingerprint density at radius 2 is 2.12 bits per heavy atom. The number of halogens is 1. The number of carbonyl (C=O) groups excluding carboxylic acids is 1. The van der Waals surface area contributed by atoms with Crippen molar-refractivity contribution in [3.8, 4) is 0 Å². The van der Waals surface area contributed by atoms with Gasteiger partial charge in [-0.15, -0.1) is 0 Å². The van der Waals surface area contributed by atoms with Crippen molar-refractivity contribution in [2.75, 3.05) is 32.7 Å². The largest absolute Gasteiger partial charge is 0.336 e. The van der Waals surface area contributed by atoms with Gasteiger partial charge in [0.1, 0.15) is 10.0 Å². The molecule has 2 aliphatic heterocycles. The first kappa shape index (κ1) is 17.6. The molecule has 0 radical (unpaired) electrons. The van der Waals surface area contributed by atoms with Crippen LogP contribution in [0.4, 0.5) is 0 Å². The summed E-state index contributed by atoms with van der Waals surface area (Å²) in [6, 6.07) is 3.06. The van der Waals surface area contributed by atoms with Crippen LogP contribution in [0.25, 0.3) is 0 Å². The molecule has 0 aliphatic carbocycles. The summed E-state index contributed by atoms with van der Waals surface area (Å²) in [5.41, 5.74) is 0.668. The molecule has 0 bridgehead atoms. The van der Waals surface area contributed by atoms with Crippen LogP contribution < -0.4 is 5.32 Å². The number of sulfonamides is 1. The van der Waals surface area contributed by atoms with E-state index in [1.807, 2.05) is 0 Å². The lowest BCUT2D eigenvalue weighted by Crippen LogP contribution is -2.57. The number of nitrogens with one attached hydrogen (secondary N) is 1. The van der Waals surface area contributed by atoms with Gasteiger partial charge in [-0.2, -0.15) is 4.31 Å². The lowest BCUT2D eigenvalue weighted by Gasteiger charge is -2.40. The summed E-state index contributed by atoms with van der Waals surface area (Å²) in [6.07, 6.45) is 1.54. The first-order valence-corrected chi connectivity index (χ1v) is 9.85. The van der Waals surface area contributed by atoms with Crippen LogP contribution in [-0.4, -0.2) is 67.3 Å². The molecule has 3 heterocycles. The van der Waals surface area contributed by atoms with Crippen molar-refractivity contribution < 1.29 is 13.2 Å². The van der Waals surface area contributed by atoms with Crippen LogP contribution >= 0.6 is 11.6 Å². The predicted octanol–water partition coefficient (Wildman–Crippen LogP) is 0.628. The molecule has 1 N–H and O–H groups in total. The van der Waals surface area contributed by atoms with Crippen LogP contribution in [0, 0.1) is 6.92 Å². The SMILES string of the molecule is Cc1ccc(S(=O)(=O)N2CCC[C@H](N3CCNCC3=O)C2)c(Cl)n1. The summed E-state index contributed by atoms with van der Waals surface area (Å²) >= 11 is 6.05. The van der Waals surface area contributed by atoms with E-state index in [-0.39, 0.29) is 22.0 Å². The molecular formula is C15H21ClN4O3S. The molecule has 2 saturated heterocycles. The summed E-state index contributed by atoms with van der Waals surface area (Å²) < 4.78 is 27.3. The number of carbonyl (C=O) groups is 1. The number of hydrogen-bond acceptors (Lipinski definition) is 5. The Bertz CT molecular complexity index is 740. The number of hydrogen-bond donors (Lipinski definition) is 1. The zero-order valence-corrected chi connectivity index (χ0v) is 15.1. The lowest BCUT2D eigenvalue weighted by atomic mass is 10.1. The van der Waals surface area contributed by atoms with Crippen molar-refractivity contribution in [3.63, 3.8) is 0 Å². The van der Waals surface area contributed by atoms with Gasteiger partial charge in [0.25, 0.3) is 0 Å². The Morgan fingerprint density at radius 3 is 2.83 bits per heavy atom. The van der Waals surface area contributed by atoms with Crippen LogP contribution in [0.1, 0.15) is 18.5 Å². The van der Waals surface area contributed by atoms with Gasteiger partial charge in [0.15, 0.2) is 0 Å². The van der Waals surface area contributed by atoms with Crippen molar-refractivity contribution in [1.82, 2.24) is 19.5 Å². The highest BCUT2D eigenvalue weighted by Gasteiger charge is 2.36. The van der Waals surface area contributed by atoms with Gasteiger partial charge in [0.05, 0.1) is 6.54 Å². The van der Waals surface area contributed by atoms with Crippen molar-refractivity contribution in [2.45, 2.75) is 30.7 Å². The quantitative estimate of drug-likeness (QED) is 0.787. The molecule has 24 heavy (non-hydrogen) atoms. The maximum absolute atomic E-state index is 12.9. The Labute approximate surface area is 147 Å². The second-order valence-electron chi connectivity index (χ2n) is 6.16. The fourth-order valence-corrected chi connectivity index (χ4v) is 5.25. The molecule has 132 valence electrons. The summed E-state index contributed by atoms with van der Waals surface area (Å²) in [4.78, 5) is 17.9. The standard InChI is InChI=1S/C15H21ClN4O3S/c1-11-4-5-13(15(16)18-11)24(22,23)19-7-2-3-12(10-19)20-8-6-17-9-14(20)21/h4-5,12,17H,2-3,6-10H2,1H3/t12-/m0/s1. The minimum Gasteiger partial charge on any atom is -0.336 e. The van der Waals surface area contributed by atoms with Crippen LogP contribution in [0.5, 0.6) is 0 Å². The lowest BCUT2D eigenvalue weighted by molar-refractivity contribution is -0.135. The van der Waals surface area contributed by atoms with E-state index in [0.717, 1.165) is 19.4 Å². The molecule has 0 spiro atoms. The maximum atomic E-state index is 12.9. The number of aromatic nitrogens is 1. The Hall–Kier alpha value is -1.22. The van der Waals surface area contributed by atoms with Gasteiger partial charge in [-0.25, -0.2) is 13.4 Å². The van der Waals surface area contributed by atoms with E-state index < -0.39 is 10.0 Å². The molecule has 9 heteroatoms. The number of amides is 1. The van der Waals surface area contributed by atoms with Crippen molar-refractivity contribution in [3.05, 3.63) is 23.0 Å². The van der Waals surface area contributed by atoms with Gasteiger partial charge in [-0.1, -0.05) is 11.6 Å². The van der Waals surface area contributed by atoms with Gasteiger partial charge in [-0.05, 0) is 31.9 Å². The van der Waals surface area contributed by atoms with Gasteiger partial charge in [0.2, 0.25) is 15.9 Å². The molecule has 1 amide bonds. The molecule has 0 aromatic carbocycles. The molecule has 1 aromatic heterocycles. The smallest absolute Gasteiger partial charge is 0.246 e. The molecule has 0 saturated carbocycles. The number of pyridine rings is 1. The highest BCUT2D eigenvalue weighted by molar-refractivity contribution is 7.89. The third-order valence-corrected chi connectivity index (χ3v) is 6.79. The summed E-state index contributed by atoms with van der Waals surface area (Å²) in [5.74, 6) is 0.0283. The van der Waals surface area contributed by atoms with E-state index in [9.17, 15) is 13.2 Å². The summed E-state index contributed by atoms with van der Waals surface area (Å²) in [6.45, 7) is 4.17. The van der Waals surface area contributed by atoms with E-state index in [1.165, 1.54) is 10.4 Å². The molecular weight excluding hydrogens is 352 g/mol. The molecule has 1 atom stereocenters. The van der Waals surface area contributed by atoms with E-state index in [4.69, 9.17) is 11.6 Å². The van der Waals surface area contributed by atoms with Crippen LogP contribution in [-0.2, 0) is 14.8 Å². The molecule has 2 fully saturated rings. The minimum absolute atomic E-state index is 0.00428. The highest BCUT2D eigenvalue weighted by Crippen LogP contribution is 2.27. The Kier molecular flexibility index (Phi) is 5.10. The molecule has 0 unspecified atom stereocenters. The topological polar surface area (TPSA) is 82.6 Å². The van der Waals surface area contributed by atoms with Crippen LogP contribution in [0.3, 0.4) is 0 Å². The minimum atomic E-state index is -3.71. The number of nitrogens with zero attached hydrogens (tertiary/aromatic N) is 3. The first-order valence-electron chi connectivity index (χ1n) is 8.03. The first-order chi connectivity index (χ1) is 11.4. The summed E-state index contributed by atoms with van der Waals surface area (Å²) in [5, 5.41) is 3.03. The van der Waals surface area contributed by atoms with Gasteiger partial charge in [0, 0.05) is 37.9 Å². The molecule has 3 rings (SSSR count). The van der Waals surface area contributed by atoms with Crippen LogP contribution in [0.15, 0.2) is 17.0 Å². The van der Waals surface area contributed by atoms with Crippen molar-refractivity contribution in [1.29, 1.82) is 0 Å². The van der Waals surface area contributed by atoms with Crippen molar-refractivity contribution in [2.24, 2.45) is 0 Å². The number of piperazine rings is 1. The van der Waals surface area contributed by atoms with Gasteiger partial charge in [-0.3, -0.25) is 4.79 Å². The maximum Gasteiger partial charge on any atom is 0.246 e. The molecule has 7 nitrogen and oxygen atoms in total. The monoisotopic (exact) mass is 372 g/mol. The third kappa shape index (κ3) is 3.42. The molecule has 2 aliphatic rings. The van der Waals surface area contributed by atoms with Crippen molar-refractivity contribution >= 4 is 27.5 Å².